The fourth-order valence-electron chi connectivity index (χ4n) is 2.38. The normalized spacial score (nSPS) is 18.8. The van der Waals surface area contributed by atoms with E-state index < -0.39 is 0 Å². The molecule has 2 N–H and O–H groups in total. The molecule has 1 aromatic heterocycles. The van der Waals surface area contributed by atoms with Crippen LogP contribution >= 0.6 is 0 Å². The molecule has 0 amide bonds. The lowest BCUT2D eigenvalue weighted by molar-refractivity contribution is 0.360. The molecule has 0 radical (unpaired) electrons. The largest absolute Gasteiger partial charge is 0.508 e. The topological polar surface area (TPSA) is 71.2 Å². The van der Waals surface area contributed by atoms with Crippen molar-refractivity contribution >= 4 is 0 Å². The third-order valence-corrected chi connectivity index (χ3v) is 3.39. The predicted octanol–water partition coefficient (Wildman–Crippen LogP) is 1.66. The predicted molar refractivity (Wildman–Crippen MR) is 69.9 cm³/mol. The van der Waals surface area contributed by atoms with Crippen LogP contribution < -0.4 is 5.32 Å². The molecule has 19 heavy (non-hydrogen) atoms. The van der Waals surface area contributed by atoms with Gasteiger partial charge in [0.05, 0.1) is 0 Å². The van der Waals surface area contributed by atoms with Gasteiger partial charge in [0.1, 0.15) is 5.75 Å². The highest BCUT2D eigenvalue weighted by Crippen LogP contribution is 2.14. The Morgan fingerprint density at radius 2 is 2.16 bits per heavy atom. The SMILES string of the molecule is Oc1ccc(Cc2noc(CC3CCCN3)n2)cc1. The maximum Gasteiger partial charge on any atom is 0.228 e. The van der Waals surface area contributed by atoms with E-state index in [1.54, 1.807) is 12.1 Å². The average Bonchev–Trinajstić information content (AvgIpc) is 3.05. The Hall–Kier alpha value is -1.88. The Morgan fingerprint density at radius 1 is 1.32 bits per heavy atom. The van der Waals surface area contributed by atoms with Crippen molar-refractivity contribution in [3.63, 3.8) is 0 Å². The maximum absolute atomic E-state index is 9.23. The Labute approximate surface area is 111 Å². The van der Waals surface area contributed by atoms with Gasteiger partial charge in [0.15, 0.2) is 5.82 Å². The first-order valence-electron chi connectivity index (χ1n) is 6.62. The Morgan fingerprint density at radius 3 is 2.89 bits per heavy atom. The minimum atomic E-state index is 0.268. The number of nitrogens with one attached hydrogen (secondary N) is 1. The van der Waals surface area contributed by atoms with Crippen LogP contribution in [0.4, 0.5) is 0 Å². The molecule has 1 unspecified atom stereocenters. The summed E-state index contributed by atoms with van der Waals surface area (Å²) in [6, 6.07) is 7.53. The fraction of sp³-hybridized carbons (Fsp3) is 0.429. The average molecular weight is 259 g/mol. The monoisotopic (exact) mass is 259 g/mol. The highest BCUT2D eigenvalue weighted by atomic mass is 16.5. The van der Waals surface area contributed by atoms with Gasteiger partial charge in [0.25, 0.3) is 0 Å². The Kier molecular flexibility index (Phi) is 3.46. The highest BCUT2D eigenvalue weighted by molar-refractivity contribution is 5.27. The van der Waals surface area contributed by atoms with Crippen LogP contribution in [0.2, 0.25) is 0 Å². The van der Waals surface area contributed by atoms with Crippen molar-refractivity contribution in [3.05, 3.63) is 41.5 Å². The van der Waals surface area contributed by atoms with E-state index in [4.69, 9.17) is 4.52 Å². The molecule has 1 aromatic carbocycles. The molecule has 100 valence electrons. The van der Waals surface area contributed by atoms with Crippen LogP contribution in [-0.4, -0.2) is 27.8 Å². The molecule has 0 saturated carbocycles. The van der Waals surface area contributed by atoms with E-state index in [9.17, 15) is 5.11 Å². The van der Waals surface area contributed by atoms with Crippen molar-refractivity contribution in [1.82, 2.24) is 15.5 Å². The van der Waals surface area contributed by atoms with Gasteiger partial charge in [-0.15, -0.1) is 0 Å². The lowest BCUT2D eigenvalue weighted by Crippen LogP contribution is -2.23. The molecule has 2 aromatic rings. The van der Waals surface area contributed by atoms with Gasteiger partial charge in [-0.05, 0) is 37.1 Å². The second-order valence-corrected chi connectivity index (χ2v) is 4.94. The first-order valence-corrected chi connectivity index (χ1v) is 6.62. The lowest BCUT2D eigenvalue weighted by Gasteiger charge is -2.04. The summed E-state index contributed by atoms with van der Waals surface area (Å²) in [5.41, 5.74) is 1.06. The van der Waals surface area contributed by atoms with Crippen LogP contribution in [0.5, 0.6) is 5.75 Å². The molecule has 1 fully saturated rings. The summed E-state index contributed by atoms with van der Waals surface area (Å²) in [4.78, 5) is 4.41. The first kappa shape index (κ1) is 12.2. The molecular weight excluding hydrogens is 242 g/mol. The molecule has 0 bridgehead atoms. The standard InChI is InChI=1S/C14H17N3O2/c18-12-5-3-10(4-6-12)8-13-16-14(19-17-13)9-11-2-1-7-15-11/h3-6,11,15,18H,1-2,7-9H2. The van der Waals surface area contributed by atoms with Crippen molar-refractivity contribution < 1.29 is 9.63 Å². The van der Waals surface area contributed by atoms with Gasteiger partial charge in [-0.1, -0.05) is 17.3 Å². The summed E-state index contributed by atoms with van der Waals surface area (Å²) in [5.74, 6) is 1.66. The van der Waals surface area contributed by atoms with E-state index in [0.29, 0.717) is 24.2 Å². The van der Waals surface area contributed by atoms with E-state index in [-0.39, 0.29) is 5.75 Å². The smallest absolute Gasteiger partial charge is 0.228 e. The molecule has 2 heterocycles. The second-order valence-electron chi connectivity index (χ2n) is 4.94. The van der Waals surface area contributed by atoms with E-state index in [0.717, 1.165) is 18.5 Å². The zero-order chi connectivity index (χ0) is 13.1. The highest BCUT2D eigenvalue weighted by Gasteiger charge is 2.18. The van der Waals surface area contributed by atoms with Crippen molar-refractivity contribution in [3.8, 4) is 5.75 Å². The molecule has 1 atom stereocenters. The Balaban J connectivity index is 1.62. The molecule has 3 rings (SSSR count). The minimum absolute atomic E-state index is 0.268. The number of rotatable bonds is 4. The first-order chi connectivity index (χ1) is 9.29. The Bertz CT molecular complexity index is 530. The molecule has 0 spiro atoms. The molecule has 5 nitrogen and oxygen atoms in total. The lowest BCUT2D eigenvalue weighted by atomic mass is 10.1. The van der Waals surface area contributed by atoms with E-state index in [1.807, 2.05) is 12.1 Å². The van der Waals surface area contributed by atoms with Gasteiger partial charge >= 0.3 is 0 Å². The van der Waals surface area contributed by atoms with E-state index in [2.05, 4.69) is 15.5 Å². The number of hydrogen-bond donors (Lipinski definition) is 2. The number of aromatic hydroxyl groups is 1. The van der Waals surface area contributed by atoms with Crippen molar-refractivity contribution in [1.29, 1.82) is 0 Å². The maximum atomic E-state index is 9.23. The number of hydrogen-bond acceptors (Lipinski definition) is 5. The number of benzene rings is 1. The van der Waals surface area contributed by atoms with Crippen molar-refractivity contribution in [2.45, 2.75) is 31.7 Å². The summed E-state index contributed by atoms with van der Waals surface area (Å²) >= 11 is 0. The van der Waals surface area contributed by atoms with Crippen molar-refractivity contribution in [2.24, 2.45) is 0 Å². The second kappa shape index (κ2) is 5.40. The van der Waals surface area contributed by atoms with Gasteiger partial charge in [0.2, 0.25) is 5.89 Å². The van der Waals surface area contributed by atoms with Crippen LogP contribution in [0.1, 0.15) is 30.1 Å². The summed E-state index contributed by atoms with van der Waals surface area (Å²) < 4.78 is 5.27. The van der Waals surface area contributed by atoms with Crippen LogP contribution in [-0.2, 0) is 12.8 Å². The van der Waals surface area contributed by atoms with Gasteiger partial charge in [-0.25, -0.2) is 0 Å². The van der Waals surface area contributed by atoms with Gasteiger partial charge in [0, 0.05) is 18.9 Å². The van der Waals surface area contributed by atoms with Crippen LogP contribution in [0.15, 0.2) is 28.8 Å². The summed E-state index contributed by atoms with van der Waals surface area (Å²) in [6.07, 6.45) is 3.83. The quantitative estimate of drug-likeness (QED) is 0.873. The molecule has 1 aliphatic heterocycles. The molecule has 1 saturated heterocycles. The fourth-order valence-corrected chi connectivity index (χ4v) is 2.38. The van der Waals surface area contributed by atoms with Gasteiger partial charge in [-0.2, -0.15) is 4.98 Å². The minimum Gasteiger partial charge on any atom is -0.508 e. The number of nitrogens with zero attached hydrogens (tertiary/aromatic N) is 2. The molecular formula is C14H17N3O2. The number of phenolic OH excluding ortho intramolecular Hbond substituents is 1. The molecule has 1 aliphatic rings. The molecule has 0 aliphatic carbocycles. The molecule has 5 heteroatoms. The summed E-state index contributed by atoms with van der Waals surface area (Å²) in [7, 11) is 0. The zero-order valence-electron chi connectivity index (χ0n) is 10.7. The van der Waals surface area contributed by atoms with Gasteiger partial charge in [-0.3, -0.25) is 0 Å². The third-order valence-electron chi connectivity index (χ3n) is 3.39. The van der Waals surface area contributed by atoms with E-state index in [1.165, 1.54) is 12.8 Å². The number of phenols is 1. The third kappa shape index (κ3) is 3.12. The van der Waals surface area contributed by atoms with Crippen LogP contribution in [0.3, 0.4) is 0 Å². The number of aromatic nitrogens is 2. The van der Waals surface area contributed by atoms with Crippen molar-refractivity contribution in [2.75, 3.05) is 6.54 Å². The van der Waals surface area contributed by atoms with Gasteiger partial charge < -0.3 is 14.9 Å². The van der Waals surface area contributed by atoms with E-state index >= 15 is 0 Å². The van der Waals surface area contributed by atoms with Crippen LogP contribution in [0.25, 0.3) is 0 Å². The summed E-state index contributed by atoms with van der Waals surface area (Å²) in [6.45, 7) is 1.08. The zero-order valence-corrected chi connectivity index (χ0v) is 10.7. The summed E-state index contributed by atoms with van der Waals surface area (Å²) in [5, 5.41) is 16.6. The van der Waals surface area contributed by atoms with Crippen LogP contribution in [0, 0.1) is 0 Å².